The van der Waals surface area contributed by atoms with Gasteiger partial charge < -0.3 is 10.0 Å². The highest BCUT2D eigenvalue weighted by Gasteiger charge is 2.25. The number of amides is 1. The molecular weight excluding hydrogens is 430 g/mol. The summed E-state index contributed by atoms with van der Waals surface area (Å²) in [4.78, 5) is 48.1. The molecule has 1 unspecified atom stereocenters. The number of rotatable bonds is 5. The summed E-state index contributed by atoms with van der Waals surface area (Å²) in [5.41, 5.74) is 1.06. The molecule has 10 heteroatoms. The summed E-state index contributed by atoms with van der Waals surface area (Å²) in [7, 11) is 0. The Kier molecular flexibility index (Phi) is 5.48. The number of carbonyl (C=O) groups excluding carboxylic acids is 2. The lowest BCUT2D eigenvalue weighted by molar-refractivity contribution is 0.102. The van der Waals surface area contributed by atoms with Crippen molar-refractivity contribution < 1.29 is 14.7 Å². The van der Waals surface area contributed by atoms with Crippen molar-refractivity contribution in [3.8, 4) is 0 Å². The summed E-state index contributed by atoms with van der Waals surface area (Å²) in [6.07, 6.45) is 6.32. The summed E-state index contributed by atoms with van der Waals surface area (Å²) >= 11 is 1.40. The molecular formula is C22H23N5O4S. The molecule has 0 bridgehead atoms. The van der Waals surface area contributed by atoms with Crippen molar-refractivity contribution in [2.75, 3.05) is 23.3 Å². The van der Waals surface area contributed by atoms with Gasteiger partial charge in [0.05, 0.1) is 11.8 Å². The molecule has 9 nitrogen and oxygen atoms in total. The Labute approximate surface area is 187 Å². The first-order valence-electron chi connectivity index (χ1n) is 10.7. The summed E-state index contributed by atoms with van der Waals surface area (Å²) in [6, 6.07) is 3.04. The monoisotopic (exact) mass is 453 g/mol. The van der Waals surface area contributed by atoms with Gasteiger partial charge in [-0.2, -0.15) is 0 Å². The van der Waals surface area contributed by atoms with E-state index in [0.717, 1.165) is 25.0 Å². The van der Waals surface area contributed by atoms with Crippen molar-refractivity contribution >= 4 is 40.1 Å². The Morgan fingerprint density at radius 1 is 1.25 bits per heavy atom. The van der Waals surface area contributed by atoms with Crippen LogP contribution in [0, 0.1) is 0 Å². The van der Waals surface area contributed by atoms with Crippen molar-refractivity contribution in [2.24, 2.45) is 0 Å². The van der Waals surface area contributed by atoms with E-state index in [1.807, 2.05) is 5.38 Å². The highest BCUT2D eigenvalue weighted by Crippen LogP contribution is 2.37. The third-order valence-electron chi connectivity index (χ3n) is 6.19. The zero-order valence-electron chi connectivity index (χ0n) is 17.4. The van der Waals surface area contributed by atoms with E-state index < -0.39 is 11.7 Å². The molecule has 2 N–H and O–H groups in total. The van der Waals surface area contributed by atoms with Crippen LogP contribution in [0.1, 0.15) is 64.4 Å². The zero-order chi connectivity index (χ0) is 22.2. The molecule has 4 heterocycles. The number of anilines is 2. The number of hydrogen-bond donors (Lipinski definition) is 2. The van der Waals surface area contributed by atoms with Crippen LogP contribution in [0.15, 0.2) is 28.5 Å². The summed E-state index contributed by atoms with van der Waals surface area (Å²) < 4.78 is 1.25. The maximum atomic E-state index is 12.9. The second-order valence-electron chi connectivity index (χ2n) is 8.32. The van der Waals surface area contributed by atoms with Crippen LogP contribution < -0.4 is 15.8 Å². The number of thiazole rings is 1. The number of pyridine rings is 1. The topological polar surface area (TPSA) is 117 Å². The molecule has 2 aliphatic rings. The van der Waals surface area contributed by atoms with Gasteiger partial charge in [-0.25, -0.2) is 9.97 Å². The first-order valence-corrected chi connectivity index (χ1v) is 11.6. The molecule has 1 aliphatic carbocycles. The number of carbonyl (C=O) groups is 2. The quantitative estimate of drug-likeness (QED) is 0.570. The summed E-state index contributed by atoms with van der Waals surface area (Å²) in [5.74, 6) is 0.393. The number of fused-ring (bicyclic) bond motifs is 1. The maximum absolute atomic E-state index is 12.9. The van der Waals surface area contributed by atoms with Crippen molar-refractivity contribution in [1.82, 2.24) is 14.4 Å². The molecule has 1 saturated heterocycles. The molecule has 1 amide bonds. The molecule has 2 fully saturated rings. The van der Waals surface area contributed by atoms with Crippen LogP contribution in [0.2, 0.25) is 0 Å². The third-order valence-corrected chi connectivity index (χ3v) is 6.96. The fourth-order valence-corrected chi connectivity index (χ4v) is 4.96. The molecule has 0 radical (unpaired) electrons. The number of nitrogens with one attached hydrogen (secondary N) is 1. The van der Waals surface area contributed by atoms with Gasteiger partial charge in [0.1, 0.15) is 17.0 Å². The molecule has 0 spiro atoms. The lowest BCUT2D eigenvalue weighted by Crippen LogP contribution is -2.40. The van der Waals surface area contributed by atoms with Crippen molar-refractivity contribution in [1.29, 1.82) is 0 Å². The van der Waals surface area contributed by atoms with Gasteiger partial charge in [-0.15, -0.1) is 11.3 Å². The predicted molar refractivity (Wildman–Crippen MR) is 121 cm³/mol. The minimum absolute atomic E-state index is 0.0555. The van der Waals surface area contributed by atoms with Crippen LogP contribution in [0.25, 0.3) is 5.65 Å². The first kappa shape index (κ1) is 20.8. The number of β-amino-alcohol motifs (C(OH)–C–C–N with tert-alkyl or cyclic N) is 1. The van der Waals surface area contributed by atoms with Gasteiger partial charge in [0, 0.05) is 36.1 Å². The standard InChI is InChI=1S/C22H23N5O4S/c28-11-16-19(26-7-2-5-15(29)10-26)24-18-9-14(6-8-27(18)21(16)31)20(30)25-22-23-17(12-32-22)13-3-1-4-13/h6,8-9,11-13,15,29H,1-5,7,10H2,(H,23,25,30). The van der Waals surface area contributed by atoms with E-state index in [0.29, 0.717) is 42.4 Å². The van der Waals surface area contributed by atoms with E-state index in [9.17, 15) is 19.5 Å². The minimum atomic E-state index is -0.538. The van der Waals surface area contributed by atoms with Gasteiger partial charge in [0.2, 0.25) is 0 Å². The summed E-state index contributed by atoms with van der Waals surface area (Å²) in [6.45, 7) is 0.894. The largest absolute Gasteiger partial charge is 0.391 e. The Balaban J connectivity index is 1.45. The molecule has 5 rings (SSSR count). The van der Waals surface area contributed by atoms with Gasteiger partial charge in [0.25, 0.3) is 11.5 Å². The predicted octanol–water partition coefficient (Wildman–Crippen LogP) is 2.44. The molecule has 32 heavy (non-hydrogen) atoms. The first-order chi connectivity index (χ1) is 15.5. The van der Waals surface area contributed by atoms with Gasteiger partial charge in [-0.1, -0.05) is 6.42 Å². The van der Waals surface area contributed by atoms with Gasteiger partial charge in [-0.05, 0) is 37.8 Å². The number of piperidine rings is 1. The molecule has 1 aliphatic heterocycles. The van der Waals surface area contributed by atoms with E-state index in [1.54, 1.807) is 4.90 Å². The van der Waals surface area contributed by atoms with E-state index in [2.05, 4.69) is 15.3 Å². The normalized spacial score (nSPS) is 19.0. The fraction of sp³-hybridized carbons (Fsp3) is 0.409. The van der Waals surface area contributed by atoms with E-state index in [-0.39, 0.29) is 22.9 Å². The molecule has 1 atom stereocenters. The zero-order valence-corrected chi connectivity index (χ0v) is 18.2. The van der Waals surface area contributed by atoms with Crippen LogP contribution in [-0.2, 0) is 0 Å². The number of aldehydes is 1. The maximum Gasteiger partial charge on any atom is 0.270 e. The molecule has 166 valence electrons. The second-order valence-corrected chi connectivity index (χ2v) is 9.18. The number of hydrogen-bond acceptors (Lipinski definition) is 8. The van der Waals surface area contributed by atoms with Gasteiger partial charge in [-0.3, -0.25) is 24.1 Å². The lowest BCUT2D eigenvalue weighted by atomic mass is 9.83. The molecule has 1 saturated carbocycles. The fourth-order valence-electron chi connectivity index (χ4n) is 4.18. The number of nitrogens with zero attached hydrogens (tertiary/aromatic N) is 4. The summed E-state index contributed by atoms with van der Waals surface area (Å²) in [5, 5.41) is 15.4. The van der Waals surface area contributed by atoms with Crippen LogP contribution >= 0.6 is 11.3 Å². The Morgan fingerprint density at radius 3 is 2.81 bits per heavy atom. The third kappa shape index (κ3) is 3.80. The number of aliphatic hydroxyl groups excluding tert-OH is 1. The van der Waals surface area contributed by atoms with Crippen molar-refractivity contribution in [3.63, 3.8) is 0 Å². The SMILES string of the molecule is O=Cc1c(N2CCCC(O)C2)nc2cc(C(=O)Nc3nc(C4CCC4)cs3)ccn2c1=O. The molecule has 0 aromatic carbocycles. The highest BCUT2D eigenvalue weighted by atomic mass is 32.1. The number of aromatic nitrogens is 3. The Morgan fingerprint density at radius 2 is 2.09 bits per heavy atom. The van der Waals surface area contributed by atoms with Crippen LogP contribution in [0.3, 0.4) is 0 Å². The Bertz CT molecular complexity index is 1250. The Hall–Kier alpha value is -3.11. The van der Waals surface area contributed by atoms with E-state index in [1.165, 1.54) is 40.5 Å². The average molecular weight is 454 g/mol. The average Bonchev–Trinajstić information content (AvgIpc) is 3.19. The smallest absolute Gasteiger partial charge is 0.270 e. The lowest BCUT2D eigenvalue weighted by Gasteiger charge is -2.31. The minimum Gasteiger partial charge on any atom is -0.391 e. The van der Waals surface area contributed by atoms with Crippen molar-refractivity contribution in [2.45, 2.75) is 44.1 Å². The second kappa shape index (κ2) is 8.44. The van der Waals surface area contributed by atoms with Crippen molar-refractivity contribution in [3.05, 3.63) is 50.9 Å². The van der Waals surface area contributed by atoms with Crippen LogP contribution in [0.4, 0.5) is 10.9 Å². The highest BCUT2D eigenvalue weighted by molar-refractivity contribution is 7.14. The van der Waals surface area contributed by atoms with Crippen LogP contribution in [0.5, 0.6) is 0 Å². The molecule has 3 aromatic rings. The number of aliphatic hydroxyl groups is 1. The van der Waals surface area contributed by atoms with Crippen LogP contribution in [-0.4, -0.2) is 50.9 Å². The van der Waals surface area contributed by atoms with E-state index >= 15 is 0 Å². The van der Waals surface area contributed by atoms with Gasteiger partial charge >= 0.3 is 0 Å². The van der Waals surface area contributed by atoms with E-state index in [4.69, 9.17) is 0 Å². The van der Waals surface area contributed by atoms with Gasteiger partial charge in [0.15, 0.2) is 11.4 Å². The molecule has 3 aromatic heterocycles.